The Hall–Kier alpha value is -3.60. The van der Waals surface area contributed by atoms with E-state index in [1.807, 2.05) is 0 Å². The zero-order valence-electron chi connectivity index (χ0n) is 15.7. The molecule has 11 heteroatoms. The predicted molar refractivity (Wildman–Crippen MR) is 108 cm³/mol. The number of amidine groups is 1. The van der Waals surface area contributed by atoms with Crippen molar-refractivity contribution in [2.75, 3.05) is 11.9 Å². The number of sulfonamides is 1. The van der Waals surface area contributed by atoms with Crippen molar-refractivity contribution in [2.45, 2.75) is 23.8 Å². The first-order valence-electron chi connectivity index (χ1n) is 9.38. The molecule has 1 saturated heterocycles. The molecule has 1 unspecified atom stereocenters. The number of hydrogen-bond acceptors (Lipinski definition) is 7. The van der Waals surface area contributed by atoms with Gasteiger partial charge in [-0.05, 0) is 59.7 Å². The Morgan fingerprint density at radius 3 is 2.67 bits per heavy atom. The summed E-state index contributed by atoms with van der Waals surface area (Å²) in [6.45, 7) is 0.568. The number of likely N-dealkylation sites (tertiary alicyclic amines) is 1. The minimum Gasteiger partial charge on any atom is -0.343 e. The van der Waals surface area contributed by atoms with Crippen LogP contribution in [-0.4, -0.2) is 57.9 Å². The standard InChI is InChI=1S/C19H17N7O3S/c27-19(21-13-7-9-14(10-8-13)26-12-20-23-24-26)16-5-3-11-25(16)18-15-4-1-2-6-17(15)30(28,29)22-18/h1-2,4,6-10,12,16H,3,5,11H2,(H,21,27). The molecule has 2 aliphatic rings. The van der Waals surface area contributed by atoms with Crippen LogP contribution < -0.4 is 5.32 Å². The third-order valence-electron chi connectivity index (χ3n) is 5.19. The normalized spacial score (nSPS) is 19.4. The molecule has 5 rings (SSSR count). The topological polar surface area (TPSA) is 122 Å². The lowest BCUT2D eigenvalue weighted by atomic mass is 10.1. The van der Waals surface area contributed by atoms with Gasteiger partial charge in [-0.2, -0.15) is 8.42 Å². The van der Waals surface area contributed by atoms with Gasteiger partial charge in [0.05, 0.1) is 5.69 Å². The van der Waals surface area contributed by atoms with Crippen molar-refractivity contribution in [3.05, 3.63) is 60.4 Å². The molecular formula is C19H17N7O3S. The molecule has 1 N–H and O–H groups in total. The number of fused-ring (bicyclic) bond motifs is 1. The molecule has 2 aromatic carbocycles. The molecule has 3 heterocycles. The van der Waals surface area contributed by atoms with Gasteiger partial charge in [0.2, 0.25) is 5.91 Å². The summed E-state index contributed by atoms with van der Waals surface area (Å²) in [5, 5.41) is 13.9. The van der Waals surface area contributed by atoms with Crippen LogP contribution in [0.1, 0.15) is 18.4 Å². The Morgan fingerprint density at radius 1 is 1.10 bits per heavy atom. The number of nitrogens with one attached hydrogen (secondary N) is 1. The Balaban J connectivity index is 1.36. The van der Waals surface area contributed by atoms with Crippen LogP contribution in [0.3, 0.4) is 0 Å². The van der Waals surface area contributed by atoms with Crippen LogP contribution in [0.25, 0.3) is 5.69 Å². The summed E-state index contributed by atoms with van der Waals surface area (Å²) in [6.07, 6.45) is 2.88. The maximum absolute atomic E-state index is 13.0. The highest BCUT2D eigenvalue weighted by Gasteiger charge is 2.39. The summed E-state index contributed by atoms with van der Waals surface area (Å²) >= 11 is 0. The fraction of sp³-hybridized carbons (Fsp3) is 0.211. The number of anilines is 1. The molecule has 30 heavy (non-hydrogen) atoms. The molecule has 1 aromatic heterocycles. The second-order valence-corrected chi connectivity index (χ2v) is 8.60. The monoisotopic (exact) mass is 423 g/mol. The van der Waals surface area contributed by atoms with Crippen LogP contribution in [0.2, 0.25) is 0 Å². The van der Waals surface area contributed by atoms with Crippen molar-refractivity contribution in [3.8, 4) is 5.69 Å². The number of amides is 1. The highest BCUT2D eigenvalue weighted by Crippen LogP contribution is 2.31. The van der Waals surface area contributed by atoms with E-state index in [4.69, 9.17) is 0 Å². The van der Waals surface area contributed by atoms with Crippen molar-refractivity contribution in [2.24, 2.45) is 4.40 Å². The van der Waals surface area contributed by atoms with Gasteiger partial charge < -0.3 is 10.2 Å². The molecular weight excluding hydrogens is 406 g/mol. The average Bonchev–Trinajstić information content (AvgIpc) is 3.48. The predicted octanol–water partition coefficient (Wildman–Crippen LogP) is 1.21. The van der Waals surface area contributed by atoms with Crippen LogP contribution in [0.15, 0.2) is 64.2 Å². The molecule has 0 radical (unpaired) electrons. The van der Waals surface area contributed by atoms with E-state index < -0.39 is 16.1 Å². The van der Waals surface area contributed by atoms with Crippen molar-refractivity contribution in [3.63, 3.8) is 0 Å². The first-order valence-corrected chi connectivity index (χ1v) is 10.8. The van der Waals surface area contributed by atoms with Gasteiger partial charge in [0, 0.05) is 17.8 Å². The van der Waals surface area contributed by atoms with E-state index in [9.17, 15) is 13.2 Å². The zero-order valence-corrected chi connectivity index (χ0v) is 16.5. The van der Waals surface area contributed by atoms with Crippen LogP contribution >= 0.6 is 0 Å². The fourth-order valence-corrected chi connectivity index (χ4v) is 5.01. The molecule has 0 spiro atoms. The van der Waals surface area contributed by atoms with Crippen LogP contribution in [0.5, 0.6) is 0 Å². The molecule has 1 fully saturated rings. The molecule has 0 saturated carbocycles. The average molecular weight is 423 g/mol. The molecule has 3 aromatic rings. The lowest BCUT2D eigenvalue weighted by Crippen LogP contribution is -2.43. The number of rotatable bonds is 3. The van der Waals surface area contributed by atoms with Gasteiger partial charge >= 0.3 is 0 Å². The number of carbonyl (C=O) groups is 1. The van der Waals surface area contributed by atoms with Crippen LogP contribution in [-0.2, 0) is 14.8 Å². The van der Waals surface area contributed by atoms with Crippen molar-refractivity contribution < 1.29 is 13.2 Å². The quantitative estimate of drug-likeness (QED) is 0.672. The molecule has 0 aliphatic carbocycles. The van der Waals surface area contributed by atoms with Gasteiger partial charge in [-0.15, -0.1) is 9.50 Å². The smallest absolute Gasteiger partial charge is 0.285 e. The summed E-state index contributed by atoms with van der Waals surface area (Å²) in [7, 11) is -3.73. The van der Waals surface area contributed by atoms with E-state index in [0.29, 0.717) is 30.1 Å². The number of tetrazole rings is 1. The van der Waals surface area contributed by atoms with Crippen molar-refractivity contribution in [1.82, 2.24) is 25.1 Å². The van der Waals surface area contributed by atoms with Gasteiger partial charge in [-0.25, -0.2) is 4.68 Å². The van der Waals surface area contributed by atoms with Gasteiger partial charge in [0.1, 0.15) is 17.3 Å². The SMILES string of the molecule is O=C(Nc1ccc(-n2cnnn2)cc1)C1CCCN1C1=NS(=O)(=O)c2ccccc21. The molecule has 10 nitrogen and oxygen atoms in total. The fourth-order valence-electron chi connectivity index (χ4n) is 3.79. The molecule has 2 aliphatic heterocycles. The number of aromatic nitrogens is 4. The van der Waals surface area contributed by atoms with Crippen LogP contribution in [0.4, 0.5) is 5.69 Å². The largest absolute Gasteiger partial charge is 0.343 e. The summed E-state index contributed by atoms with van der Waals surface area (Å²) < 4.78 is 30.3. The summed E-state index contributed by atoms with van der Waals surface area (Å²) in [5.41, 5.74) is 1.94. The number of hydrogen-bond donors (Lipinski definition) is 1. The second-order valence-electron chi connectivity index (χ2n) is 7.03. The van der Waals surface area contributed by atoms with Gasteiger partial charge in [-0.3, -0.25) is 4.79 Å². The van der Waals surface area contributed by atoms with E-state index in [1.165, 1.54) is 11.0 Å². The Kier molecular flexibility index (Phi) is 4.31. The molecule has 152 valence electrons. The Labute approximate surface area is 172 Å². The van der Waals surface area contributed by atoms with E-state index >= 15 is 0 Å². The lowest BCUT2D eigenvalue weighted by Gasteiger charge is -2.25. The van der Waals surface area contributed by atoms with Crippen molar-refractivity contribution >= 4 is 27.5 Å². The van der Waals surface area contributed by atoms with E-state index in [1.54, 1.807) is 53.4 Å². The molecule has 1 amide bonds. The van der Waals surface area contributed by atoms with E-state index in [0.717, 1.165) is 12.1 Å². The second kappa shape index (κ2) is 7.02. The maximum Gasteiger partial charge on any atom is 0.285 e. The maximum atomic E-state index is 13.0. The zero-order chi connectivity index (χ0) is 20.7. The Bertz CT molecular complexity index is 1240. The van der Waals surface area contributed by atoms with Crippen LogP contribution in [0, 0.1) is 0 Å². The van der Waals surface area contributed by atoms with E-state index in [-0.39, 0.29) is 10.8 Å². The van der Waals surface area contributed by atoms with Crippen molar-refractivity contribution in [1.29, 1.82) is 0 Å². The number of benzene rings is 2. The highest BCUT2D eigenvalue weighted by molar-refractivity contribution is 7.90. The highest BCUT2D eigenvalue weighted by atomic mass is 32.2. The van der Waals surface area contributed by atoms with Gasteiger partial charge in [-0.1, -0.05) is 12.1 Å². The summed E-state index contributed by atoms with van der Waals surface area (Å²) in [6, 6.07) is 13.3. The number of carbonyl (C=O) groups excluding carboxylic acids is 1. The summed E-state index contributed by atoms with van der Waals surface area (Å²) in [4.78, 5) is 14.9. The third-order valence-corrected chi connectivity index (χ3v) is 6.51. The minimum atomic E-state index is -3.73. The molecule has 1 atom stereocenters. The molecule has 0 bridgehead atoms. The van der Waals surface area contributed by atoms with Gasteiger partial charge in [0.25, 0.3) is 10.0 Å². The third kappa shape index (κ3) is 3.12. The van der Waals surface area contributed by atoms with Gasteiger partial charge in [0.15, 0.2) is 5.84 Å². The Morgan fingerprint density at radius 2 is 1.90 bits per heavy atom. The van der Waals surface area contributed by atoms with E-state index in [2.05, 4.69) is 25.2 Å². The minimum absolute atomic E-state index is 0.184. The summed E-state index contributed by atoms with van der Waals surface area (Å²) in [5.74, 6) is 0.143. The first-order chi connectivity index (χ1) is 14.5. The lowest BCUT2D eigenvalue weighted by molar-refractivity contribution is -0.119. The number of nitrogens with zero attached hydrogens (tertiary/aromatic N) is 6. The first kappa shape index (κ1) is 18.4.